The average Bonchev–Trinajstić information content (AvgIpc) is 2.87. The van der Waals surface area contributed by atoms with Crippen molar-refractivity contribution >= 4 is 81.4 Å². The van der Waals surface area contributed by atoms with Crippen LogP contribution in [-0.2, 0) is 32.2 Å². The van der Waals surface area contributed by atoms with E-state index in [2.05, 4.69) is 0 Å². The van der Waals surface area contributed by atoms with Crippen molar-refractivity contribution in [3.05, 3.63) is 77.9 Å². The van der Waals surface area contributed by atoms with E-state index in [1.165, 1.54) is 6.08 Å². The van der Waals surface area contributed by atoms with Crippen molar-refractivity contribution in [3.8, 4) is 5.75 Å². The van der Waals surface area contributed by atoms with Crippen molar-refractivity contribution in [3.63, 3.8) is 0 Å². The number of halogens is 6. The van der Waals surface area contributed by atoms with E-state index in [1.807, 2.05) is 42.5 Å². The van der Waals surface area contributed by atoms with E-state index in [1.54, 1.807) is 25.3 Å². The molecule has 0 fully saturated rings. The molecule has 0 radical (unpaired) electrons. The zero-order valence-electron chi connectivity index (χ0n) is 20.1. The van der Waals surface area contributed by atoms with Gasteiger partial charge in [0.15, 0.2) is 12.2 Å². The molecule has 0 heterocycles. The predicted octanol–water partition coefficient (Wildman–Crippen LogP) is 7.45. The number of ether oxygens (including phenoxy) is 5. The van der Waals surface area contributed by atoms with Crippen LogP contribution in [-0.4, -0.2) is 51.9 Å². The second-order valence-corrected chi connectivity index (χ2v) is 12.2. The molecule has 7 nitrogen and oxygen atoms in total. The highest BCUT2D eigenvalue weighted by Gasteiger charge is 2.37. The van der Waals surface area contributed by atoms with Gasteiger partial charge < -0.3 is 23.7 Å². The maximum Gasteiger partial charge on any atom is 0.265 e. The van der Waals surface area contributed by atoms with Gasteiger partial charge in [0.1, 0.15) is 5.75 Å². The third kappa shape index (κ3) is 12.2. The zero-order valence-corrected chi connectivity index (χ0v) is 24.7. The van der Waals surface area contributed by atoms with E-state index in [0.29, 0.717) is 12.4 Å². The minimum atomic E-state index is -2.15. The molecule has 0 aliphatic carbocycles. The van der Waals surface area contributed by atoms with Gasteiger partial charge in [-0.25, -0.2) is 0 Å². The molecule has 0 saturated heterocycles. The van der Waals surface area contributed by atoms with Gasteiger partial charge in [0.25, 0.3) is 7.59 Å². The standard InChI is InChI=1S/C25H26Cl6N2O5/c1-34-19-11-9-18(10-12-19)15-36-16-21(38-23(33)25(29,30)31)20(37-22(32)24(26,27)28)8-5-13-35-14-17-6-3-2-4-7-17/h2-12,20-21,32-33H,13-16H2,1H3/b8-5-,32-22?,33-23?/t20-,21+/m1/s1. The molecule has 0 aromatic heterocycles. The summed E-state index contributed by atoms with van der Waals surface area (Å²) in [4.78, 5) is 0. The van der Waals surface area contributed by atoms with Gasteiger partial charge in [-0.2, -0.15) is 0 Å². The SMILES string of the molecule is COc1ccc(COC[C@H](OC(=N)C(Cl)(Cl)Cl)[C@@H](/C=C\COCc2ccccc2)OC(=N)C(Cl)(Cl)Cl)cc1. The topological polar surface area (TPSA) is 93.9 Å². The molecular weight excluding hydrogens is 621 g/mol. The van der Waals surface area contributed by atoms with E-state index < -0.39 is 31.6 Å². The van der Waals surface area contributed by atoms with Gasteiger partial charge in [-0.05, 0) is 29.3 Å². The zero-order chi connectivity index (χ0) is 28.2. The number of nitrogens with one attached hydrogen (secondary N) is 2. The van der Waals surface area contributed by atoms with Crippen LogP contribution >= 0.6 is 69.6 Å². The van der Waals surface area contributed by atoms with Crippen molar-refractivity contribution in [2.24, 2.45) is 0 Å². The van der Waals surface area contributed by atoms with Crippen LogP contribution in [0.3, 0.4) is 0 Å². The molecule has 0 spiro atoms. The molecule has 0 aliphatic rings. The fourth-order valence-corrected chi connectivity index (χ4v) is 3.15. The number of methoxy groups -OCH3 is 1. The molecule has 0 amide bonds. The summed E-state index contributed by atoms with van der Waals surface area (Å²) in [6.45, 7) is 0.617. The van der Waals surface area contributed by atoms with E-state index in [0.717, 1.165) is 11.1 Å². The first kappa shape index (κ1) is 32.8. The van der Waals surface area contributed by atoms with Crippen LogP contribution in [0.15, 0.2) is 66.7 Å². The molecule has 38 heavy (non-hydrogen) atoms. The first-order valence-corrected chi connectivity index (χ1v) is 13.3. The third-order valence-corrected chi connectivity index (χ3v) is 5.80. The van der Waals surface area contributed by atoms with E-state index in [9.17, 15) is 0 Å². The fraction of sp³-hybridized carbons (Fsp3) is 0.360. The molecule has 0 bridgehead atoms. The van der Waals surface area contributed by atoms with Crippen LogP contribution in [0.2, 0.25) is 0 Å². The molecule has 2 N–H and O–H groups in total. The molecule has 2 atom stereocenters. The van der Waals surface area contributed by atoms with Crippen LogP contribution in [0.1, 0.15) is 11.1 Å². The average molecular weight is 647 g/mol. The Balaban J connectivity index is 2.15. The summed E-state index contributed by atoms with van der Waals surface area (Å²) in [7, 11) is 1.57. The van der Waals surface area contributed by atoms with E-state index in [4.69, 9.17) is 104 Å². The monoisotopic (exact) mass is 644 g/mol. The lowest BCUT2D eigenvalue weighted by molar-refractivity contribution is -0.0153. The molecule has 2 aromatic rings. The van der Waals surface area contributed by atoms with Gasteiger partial charge in [0.2, 0.25) is 11.8 Å². The lowest BCUT2D eigenvalue weighted by Gasteiger charge is -2.29. The lowest BCUT2D eigenvalue weighted by atomic mass is 10.2. The normalized spacial score (nSPS) is 13.7. The van der Waals surface area contributed by atoms with Crippen molar-refractivity contribution in [2.75, 3.05) is 20.3 Å². The first-order chi connectivity index (χ1) is 17.9. The summed E-state index contributed by atoms with van der Waals surface area (Å²) in [6.07, 6.45) is 1.01. The van der Waals surface area contributed by atoms with Crippen molar-refractivity contribution in [1.82, 2.24) is 0 Å². The smallest absolute Gasteiger partial charge is 0.265 e. The van der Waals surface area contributed by atoms with Crippen LogP contribution in [0, 0.1) is 10.8 Å². The van der Waals surface area contributed by atoms with Gasteiger partial charge in [-0.1, -0.05) is 118 Å². The van der Waals surface area contributed by atoms with Crippen molar-refractivity contribution in [1.29, 1.82) is 10.8 Å². The Morgan fingerprint density at radius 2 is 1.34 bits per heavy atom. The molecule has 0 saturated carbocycles. The molecule has 0 aliphatic heterocycles. The van der Waals surface area contributed by atoms with Gasteiger partial charge in [0.05, 0.1) is 33.5 Å². The molecule has 2 rings (SSSR count). The Morgan fingerprint density at radius 1 is 0.789 bits per heavy atom. The second-order valence-electron chi connectivity index (χ2n) is 7.68. The Hall–Kier alpha value is -1.42. The largest absolute Gasteiger partial charge is 0.497 e. The third-order valence-electron chi connectivity index (χ3n) is 4.77. The van der Waals surface area contributed by atoms with Gasteiger partial charge in [-0.3, -0.25) is 10.8 Å². The molecular formula is C25H26Cl6N2O5. The molecule has 208 valence electrons. The minimum Gasteiger partial charge on any atom is -0.497 e. The van der Waals surface area contributed by atoms with E-state index in [-0.39, 0.29) is 19.8 Å². The van der Waals surface area contributed by atoms with Gasteiger partial charge in [0, 0.05) is 0 Å². The quantitative estimate of drug-likeness (QED) is 0.0775. The predicted molar refractivity (Wildman–Crippen MR) is 154 cm³/mol. The van der Waals surface area contributed by atoms with Gasteiger partial charge in [-0.15, -0.1) is 0 Å². The van der Waals surface area contributed by atoms with Crippen LogP contribution in [0.5, 0.6) is 5.75 Å². The molecule has 0 unspecified atom stereocenters. The Labute approximate surface area is 251 Å². The Bertz CT molecular complexity index is 1040. The summed E-state index contributed by atoms with van der Waals surface area (Å²) in [5.41, 5.74) is 1.84. The summed E-state index contributed by atoms with van der Waals surface area (Å²) < 4.78 is 23.5. The van der Waals surface area contributed by atoms with Gasteiger partial charge >= 0.3 is 0 Å². The summed E-state index contributed by atoms with van der Waals surface area (Å²) in [5, 5.41) is 16.1. The minimum absolute atomic E-state index is 0.137. The maximum absolute atomic E-state index is 8.03. The maximum atomic E-state index is 8.03. The Morgan fingerprint density at radius 3 is 1.92 bits per heavy atom. The molecule has 13 heteroatoms. The number of benzene rings is 2. The van der Waals surface area contributed by atoms with Crippen molar-refractivity contribution in [2.45, 2.75) is 33.0 Å². The summed E-state index contributed by atoms with van der Waals surface area (Å²) in [5.74, 6) is -0.654. The highest BCUT2D eigenvalue weighted by Crippen LogP contribution is 2.31. The number of hydrogen-bond acceptors (Lipinski definition) is 7. The second kappa shape index (κ2) is 16.0. The number of rotatable bonds is 13. The number of hydrogen-bond donors (Lipinski definition) is 2. The van der Waals surface area contributed by atoms with Crippen molar-refractivity contribution < 1.29 is 23.7 Å². The van der Waals surface area contributed by atoms with Crippen LogP contribution < -0.4 is 4.74 Å². The molecule has 2 aromatic carbocycles. The summed E-state index contributed by atoms with van der Waals surface area (Å²) >= 11 is 34.9. The number of alkyl halides is 6. The highest BCUT2D eigenvalue weighted by molar-refractivity contribution is 6.76. The fourth-order valence-electron chi connectivity index (χ4n) is 2.88. The highest BCUT2D eigenvalue weighted by atomic mass is 35.6. The van der Waals surface area contributed by atoms with E-state index >= 15 is 0 Å². The lowest BCUT2D eigenvalue weighted by Crippen LogP contribution is -2.41. The van der Waals surface area contributed by atoms with Crippen LogP contribution in [0.4, 0.5) is 0 Å². The van der Waals surface area contributed by atoms with Crippen LogP contribution in [0.25, 0.3) is 0 Å². The first-order valence-electron chi connectivity index (χ1n) is 11.0. The Kier molecular flexibility index (Phi) is 13.8. The summed E-state index contributed by atoms with van der Waals surface area (Å²) in [6, 6.07) is 16.8.